The normalized spacial score (nSPS) is 11.1. The Balaban J connectivity index is 2.65. The summed E-state index contributed by atoms with van der Waals surface area (Å²) >= 11 is 13.3. The van der Waals surface area contributed by atoms with Gasteiger partial charge in [-0.1, -0.05) is 47.5 Å². The van der Waals surface area contributed by atoms with Crippen LogP contribution in [0.25, 0.3) is 21.5 Å². The lowest BCUT2D eigenvalue weighted by Gasteiger charge is -2.17. The number of hydrogen-bond donors (Lipinski definition) is 0. The molecule has 21 heavy (non-hydrogen) atoms. The van der Waals surface area contributed by atoms with Crippen molar-refractivity contribution in [2.45, 2.75) is 6.92 Å². The lowest BCUT2D eigenvalue weighted by molar-refractivity contribution is 0.396. The molecule has 0 bridgehead atoms. The molecule has 0 aliphatic carbocycles. The average molecular weight is 321 g/mol. The van der Waals surface area contributed by atoms with Gasteiger partial charge in [-0.05, 0) is 6.92 Å². The van der Waals surface area contributed by atoms with Crippen LogP contribution in [0, 0.1) is 6.92 Å². The SMILES string of the molecule is COc1cc(OC)c2c(Cl)c3ccccc3c(Cl)c2c1C. The molecule has 2 nitrogen and oxygen atoms in total. The molecule has 0 radical (unpaired) electrons. The minimum absolute atomic E-state index is 0.646. The first-order valence-corrected chi connectivity index (χ1v) is 7.26. The number of hydrogen-bond acceptors (Lipinski definition) is 2. The van der Waals surface area contributed by atoms with E-state index in [2.05, 4.69) is 0 Å². The van der Waals surface area contributed by atoms with Crippen LogP contribution in [0.4, 0.5) is 0 Å². The number of halogens is 2. The third-order valence-corrected chi connectivity index (χ3v) is 4.57. The highest BCUT2D eigenvalue weighted by atomic mass is 35.5. The molecule has 3 rings (SSSR count). The van der Waals surface area contributed by atoms with Gasteiger partial charge in [0, 0.05) is 33.2 Å². The minimum atomic E-state index is 0.646. The maximum absolute atomic E-state index is 6.64. The fourth-order valence-corrected chi connectivity index (χ4v) is 3.49. The number of aryl methyl sites for hydroxylation is 1. The topological polar surface area (TPSA) is 18.5 Å². The molecule has 0 saturated carbocycles. The molecule has 0 unspecified atom stereocenters. The van der Waals surface area contributed by atoms with Crippen LogP contribution in [0.1, 0.15) is 5.56 Å². The zero-order valence-corrected chi connectivity index (χ0v) is 13.5. The van der Waals surface area contributed by atoms with Crippen molar-refractivity contribution in [1.29, 1.82) is 0 Å². The van der Waals surface area contributed by atoms with E-state index < -0.39 is 0 Å². The molecule has 0 N–H and O–H groups in total. The van der Waals surface area contributed by atoms with Gasteiger partial charge in [0.25, 0.3) is 0 Å². The average Bonchev–Trinajstić information content (AvgIpc) is 2.52. The second-order valence-electron chi connectivity index (χ2n) is 4.83. The summed E-state index contributed by atoms with van der Waals surface area (Å²) in [7, 11) is 3.24. The Labute approximate surface area is 133 Å². The smallest absolute Gasteiger partial charge is 0.131 e. The van der Waals surface area contributed by atoms with Gasteiger partial charge in [-0.2, -0.15) is 0 Å². The largest absolute Gasteiger partial charge is 0.496 e. The summed E-state index contributed by atoms with van der Waals surface area (Å²) in [4.78, 5) is 0. The monoisotopic (exact) mass is 320 g/mol. The molecule has 0 spiro atoms. The highest BCUT2D eigenvalue weighted by Gasteiger charge is 2.19. The molecule has 0 amide bonds. The van der Waals surface area contributed by atoms with Crippen molar-refractivity contribution in [1.82, 2.24) is 0 Å². The van der Waals surface area contributed by atoms with E-state index in [4.69, 9.17) is 32.7 Å². The van der Waals surface area contributed by atoms with Crippen molar-refractivity contribution in [3.8, 4) is 11.5 Å². The molecule has 108 valence electrons. The van der Waals surface area contributed by atoms with Crippen LogP contribution in [0.5, 0.6) is 11.5 Å². The van der Waals surface area contributed by atoms with E-state index >= 15 is 0 Å². The summed E-state index contributed by atoms with van der Waals surface area (Å²) in [5.41, 5.74) is 0.950. The summed E-state index contributed by atoms with van der Waals surface area (Å²) in [6, 6.07) is 9.66. The van der Waals surface area contributed by atoms with E-state index in [-0.39, 0.29) is 0 Å². The van der Waals surface area contributed by atoms with Crippen molar-refractivity contribution < 1.29 is 9.47 Å². The summed E-state index contributed by atoms with van der Waals surface area (Å²) in [5.74, 6) is 1.39. The van der Waals surface area contributed by atoms with Crippen LogP contribution in [-0.2, 0) is 0 Å². The fourth-order valence-electron chi connectivity index (χ4n) is 2.73. The third-order valence-electron chi connectivity index (χ3n) is 3.78. The maximum atomic E-state index is 6.64. The molecular weight excluding hydrogens is 307 g/mol. The van der Waals surface area contributed by atoms with Crippen LogP contribution >= 0.6 is 23.2 Å². The number of rotatable bonds is 2. The first-order chi connectivity index (χ1) is 10.1. The Morgan fingerprint density at radius 3 is 1.86 bits per heavy atom. The first-order valence-electron chi connectivity index (χ1n) is 6.51. The Morgan fingerprint density at radius 2 is 1.33 bits per heavy atom. The van der Waals surface area contributed by atoms with Crippen LogP contribution in [0.3, 0.4) is 0 Å². The number of ether oxygens (including phenoxy) is 2. The predicted octanol–water partition coefficient (Wildman–Crippen LogP) is 5.63. The molecule has 3 aromatic carbocycles. The van der Waals surface area contributed by atoms with Crippen LogP contribution in [-0.4, -0.2) is 14.2 Å². The number of benzene rings is 3. The van der Waals surface area contributed by atoms with Crippen LogP contribution in [0.15, 0.2) is 30.3 Å². The van der Waals surface area contributed by atoms with E-state index in [9.17, 15) is 0 Å². The van der Waals surface area contributed by atoms with E-state index in [0.717, 1.165) is 32.9 Å². The summed E-state index contributed by atoms with van der Waals surface area (Å²) in [5, 5.41) is 4.85. The second kappa shape index (κ2) is 5.28. The quantitative estimate of drug-likeness (QED) is 0.570. The maximum Gasteiger partial charge on any atom is 0.131 e. The van der Waals surface area contributed by atoms with Gasteiger partial charge in [-0.25, -0.2) is 0 Å². The number of methoxy groups -OCH3 is 2. The van der Waals surface area contributed by atoms with Gasteiger partial charge in [0.05, 0.1) is 24.3 Å². The summed E-state index contributed by atoms with van der Waals surface area (Å²) < 4.78 is 10.9. The lowest BCUT2D eigenvalue weighted by Crippen LogP contribution is -1.95. The van der Waals surface area contributed by atoms with Crippen LogP contribution in [0.2, 0.25) is 10.0 Å². The summed E-state index contributed by atoms with van der Waals surface area (Å²) in [6.45, 7) is 1.97. The molecule has 0 aromatic heterocycles. The Morgan fingerprint density at radius 1 is 0.810 bits per heavy atom. The second-order valence-corrected chi connectivity index (χ2v) is 5.59. The third kappa shape index (κ3) is 2.02. The van der Waals surface area contributed by atoms with Gasteiger partial charge in [-0.3, -0.25) is 0 Å². The Bertz CT molecular complexity index is 857. The highest BCUT2D eigenvalue weighted by Crippen LogP contribution is 2.46. The molecular formula is C17H14Cl2O2. The van der Waals surface area contributed by atoms with E-state index in [1.54, 1.807) is 14.2 Å². The standard InChI is InChI=1S/C17H14Cl2O2/c1-9-12(20-2)8-13(21-3)15-14(9)16(18)10-6-4-5-7-11(10)17(15)19/h4-8H,1-3H3. The van der Waals surface area contributed by atoms with Gasteiger partial charge in [0.2, 0.25) is 0 Å². The van der Waals surface area contributed by atoms with Crippen molar-refractivity contribution in [2.24, 2.45) is 0 Å². The van der Waals surface area contributed by atoms with Crippen molar-refractivity contribution in [3.63, 3.8) is 0 Å². The molecule has 0 aliphatic heterocycles. The van der Waals surface area contributed by atoms with Gasteiger partial charge in [-0.15, -0.1) is 0 Å². The summed E-state index contributed by atoms with van der Waals surface area (Å²) in [6.07, 6.45) is 0. The Kier molecular flexibility index (Phi) is 3.60. The first kappa shape index (κ1) is 14.3. The van der Waals surface area contributed by atoms with Gasteiger partial charge < -0.3 is 9.47 Å². The van der Waals surface area contributed by atoms with Crippen molar-refractivity contribution in [2.75, 3.05) is 14.2 Å². The molecule has 0 heterocycles. The minimum Gasteiger partial charge on any atom is -0.496 e. The molecule has 0 saturated heterocycles. The van der Waals surface area contributed by atoms with Gasteiger partial charge in [0.15, 0.2) is 0 Å². The van der Waals surface area contributed by atoms with Gasteiger partial charge in [0.1, 0.15) is 11.5 Å². The van der Waals surface area contributed by atoms with Gasteiger partial charge >= 0.3 is 0 Å². The zero-order valence-electron chi connectivity index (χ0n) is 12.0. The zero-order chi connectivity index (χ0) is 15.1. The van der Waals surface area contributed by atoms with Crippen molar-refractivity contribution in [3.05, 3.63) is 45.9 Å². The lowest BCUT2D eigenvalue weighted by atomic mass is 9.98. The van der Waals surface area contributed by atoms with Crippen LogP contribution < -0.4 is 9.47 Å². The molecule has 3 aromatic rings. The van der Waals surface area contributed by atoms with E-state index in [0.29, 0.717) is 15.8 Å². The predicted molar refractivity (Wildman–Crippen MR) is 89.3 cm³/mol. The van der Waals surface area contributed by atoms with E-state index in [1.165, 1.54) is 0 Å². The Hall–Kier alpha value is -1.64. The molecule has 0 atom stereocenters. The number of fused-ring (bicyclic) bond motifs is 2. The fraction of sp³-hybridized carbons (Fsp3) is 0.176. The molecule has 4 heteroatoms. The van der Waals surface area contributed by atoms with Crippen molar-refractivity contribution >= 4 is 44.7 Å². The van der Waals surface area contributed by atoms with E-state index in [1.807, 2.05) is 37.3 Å². The molecule has 0 aliphatic rings. The molecule has 0 fully saturated rings. The highest BCUT2D eigenvalue weighted by molar-refractivity contribution is 6.48.